The van der Waals surface area contributed by atoms with E-state index in [4.69, 9.17) is 16.2 Å². The Morgan fingerprint density at radius 3 is 2.85 bits per heavy atom. The number of ether oxygens (including phenoxy) is 1. The van der Waals surface area contributed by atoms with Crippen molar-refractivity contribution in [3.8, 4) is 5.75 Å². The topological polar surface area (TPSA) is 74.2 Å². The summed E-state index contributed by atoms with van der Waals surface area (Å²) in [4.78, 5) is 4.11. The predicted octanol–water partition coefficient (Wildman–Crippen LogP) is 0.664. The number of nitrogen functional groups attached to an aromatic ring is 1. The molecule has 0 bridgehead atoms. The van der Waals surface area contributed by atoms with Crippen molar-refractivity contribution < 1.29 is 4.74 Å². The van der Waals surface area contributed by atoms with Gasteiger partial charge in [-0.3, -0.25) is 4.98 Å². The molecule has 1 saturated carbocycles. The van der Waals surface area contributed by atoms with Gasteiger partial charge in [0.1, 0.15) is 0 Å². The fourth-order valence-corrected chi connectivity index (χ4v) is 1.08. The van der Waals surface area contributed by atoms with E-state index in [-0.39, 0.29) is 0 Å². The van der Waals surface area contributed by atoms with Crippen LogP contribution in [0.15, 0.2) is 12.3 Å². The lowest BCUT2D eigenvalue weighted by Gasteiger charge is -2.07. The minimum atomic E-state index is 0.354. The third-order valence-electron chi connectivity index (χ3n) is 1.98. The zero-order chi connectivity index (χ0) is 9.26. The van der Waals surface area contributed by atoms with Crippen molar-refractivity contribution in [1.82, 2.24) is 4.98 Å². The molecule has 0 amide bonds. The van der Waals surface area contributed by atoms with Gasteiger partial charge in [-0.1, -0.05) is 0 Å². The lowest BCUT2D eigenvalue weighted by Crippen LogP contribution is -2.04. The second kappa shape index (κ2) is 3.22. The van der Waals surface area contributed by atoms with Crippen LogP contribution in [-0.2, 0) is 6.54 Å². The number of aromatic nitrogens is 1. The van der Waals surface area contributed by atoms with Crippen molar-refractivity contribution in [1.29, 1.82) is 0 Å². The minimum absolute atomic E-state index is 0.354. The van der Waals surface area contributed by atoms with Gasteiger partial charge >= 0.3 is 0 Å². The van der Waals surface area contributed by atoms with E-state index in [2.05, 4.69) is 4.98 Å². The first kappa shape index (κ1) is 8.31. The minimum Gasteiger partial charge on any atom is -0.487 e. The van der Waals surface area contributed by atoms with Gasteiger partial charge in [-0.2, -0.15) is 0 Å². The average Bonchev–Trinajstić information content (AvgIpc) is 2.92. The smallest absolute Gasteiger partial charge is 0.160 e. The van der Waals surface area contributed by atoms with Gasteiger partial charge in [-0.05, 0) is 18.9 Å². The van der Waals surface area contributed by atoms with Gasteiger partial charge in [0, 0.05) is 6.54 Å². The van der Waals surface area contributed by atoms with Crippen molar-refractivity contribution in [2.75, 3.05) is 5.73 Å². The van der Waals surface area contributed by atoms with Crippen LogP contribution >= 0.6 is 0 Å². The van der Waals surface area contributed by atoms with Crippen LogP contribution in [0, 0.1) is 0 Å². The first-order valence-corrected chi connectivity index (χ1v) is 4.40. The summed E-state index contributed by atoms with van der Waals surface area (Å²) in [5, 5.41) is 0. The molecule has 70 valence electrons. The van der Waals surface area contributed by atoms with Crippen LogP contribution in [0.4, 0.5) is 5.69 Å². The van der Waals surface area contributed by atoms with Gasteiger partial charge in [-0.15, -0.1) is 0 Å². The molecule has 1 fully saturated rings. The van der Waals surface area contributed by atoms with Crippen molar-refractivity contribution >= 4 is 5.69 Å². The lowest BCUT2D eigenvalue weighted by atomic mass is 10.3. The SMILES string of the molecule is NCc1cc(N)c(OC2CC2)cn1. The van der Waals surface area contributed by atoms with Crippen LogP contribution in [0.2, 0.25) is 0 Å². The molecule has 0 unspecified atom stereocenters. The molecule has 2 rings (SSSR count). The molecule has 0 aliphatic heterocycles. The Morgan fingerprint density at radius 1 is 1.54 bits per heavy atom. The molecule has 4 nitrogen and oxygen atoms in total. The second-order valence-electron chi connectivity index (χ2n) is 3.23. The Hall–Kier alpha value is -1.29. The lowest BCUT2D eigenvalue weighted by molar-refractivity contribution is 0.303. The molecule has 4 heteroatoms. The van der Waals surface area contributed by atoms with Gasteiger partial charge in [0.2, 0.25) is 0 Å². The molecule has 13 heavy (non-hydrogen) atoms. The van der Waals surface area contributed by atoms with Crippen LogP contribution in [0.5, 0.6) is 5.75 Å². The average molecular weight is 179 g/mol. The molecule has 0 aromatic carbocycles. The van der Waals surface area contributed by atoms with E-state index >= 15 is 0 Å². The van der Waals surface area contributed by atoms with Crippen molar-refractivity contribution in [2.24, 2.45) is 5.73 Å². The van der Waals surface area contributed by atoms with Crippen molar-refractivity contribution in [3.05, 3.63) is 18.0 Å². The fraction of sp³-hybridized carbons (Fsp3) is 0.444. The first-order valence-electron chi connectivity index (χ1n) is 4.40. The molecule has 0 spiro atoms. The number of anilines is 1. The van der Waals surface area contributed by atoms with Gasteiger partial charge in [0.15, 0.2) is 5.75 Å². The summed E-state index contributed by atoms with van der Waals surface area (Å²) < 4.78 is 5.53. The fourth-order valence-electron chi connectivity index (χ4n) is 1.08. The van der Waals surface area contributed by atoms with Gasteiger partial charge in [0.05, 0.1) is 23.7 Å². The molecule has 0 atom stereocenters. The standard InChI is InChI=1S/C9H13N3O/c10-4-6-3-8(11)9(5-12-6)13-7-1-2-7/h3,5,7H,1-2,4,10H2,(H2,11,12). The van der Waals surface area contributed by atoms with E-state index in [0.29, 0.717) is 24.1 Å². The van der Waals surface area contributed by atoms with Crippen LogP contribution in [-0.4, -0.2) is 11.1 Å². The zero-order valence-electron chi connectivity index (χ0n) is 7.36. The Labute approximate surface area is 76.9 Å². The molecule has 1 aromatic rings. The summed E-state index contributed by atoms with van der Waals surface area (Å²) >= 11 is 0. The Kier molecular flexibility index (Phi) is 2.06. The maximum atomic E-state index is 5.75. The molecule has 1 aliphatic carbocycles. The quantitative estimate of drug-likeness (QED) is 0.715. The van der Waals surface area contributed by atoms with E-state index < -0.39 is 0 Å². The highest BCUT2D eigenvalue weighted by atomic mass is 16.5. The summed E-state index contributed by atoms with van der Waals surface area (Å²) in [7, 11) is 0. The van der Waals surface area contributed by atoms with E-state index in [1.54, 1.807) is 12.3 Å². The van der Waals surface area contributed by atoms with E-state index in [1.165, 1.54) is 0 Å². The Bertz CT molecular complexity index is 310. The number of hydrogen-bond acceptors (Lipinski definition) is 4. The Balaban J connectivity index is 2.15. The zero-order valence-corrected chi connectivity index (χ0v) is 7.36. The summed E-state index contributed by atoms with van der Waals surface area (Å²) in [6, 6.07) is 1.76. The van der Waals surface area contributed by atoms with Crippen molar-refractivity contribution in [3.63, 3.8) is 0 Å². The van der Waals surface area contributed by atoms with Gasteiger partial charge in [0.25, 0.3) is 0 Å². The second-order valence-corrected chi connectivity index (χ2v) is 3.23. The van der Waals surface area contributed by atoms with Crippen LogP contribution in [0.25, 0.3) is 0 Å². The molecular weight excluding hydrogens is 166 g/mol. The van der Waals surface area contributed by atoms with Crippen molar-refractivity contribution in [2.45, 2.75) is 25.5 Å². The van der Waals surface area contributed by atoms with E-state index in [9.17, 15) is 0 Å². The van der Waals surface area contributed by atoms with Crippen LogP contribution in [0.3, 0.4) is 0 Å². The molecule has 1 aromatic heterocycles. The summed E-state index contributed by atoms with van der Waals surface area (Å²) in [5.41, 5.74) is 12.6. The predicted molar refractivity (Wildman–Crippen MR) is 50.2 cm³/mol. The number of nitrogens with two attached hydrogens (primary N) is 2. The highest BCUT2D eigenvalue weighted by Gasteiger charge is 2.24. The molecule has 0 radical (unpaired) electrons. The van der Waals surface area contributed by atoms with Crippen LogP contribution < -0.4 is 16.2 Å². The highest BCUT2D eigenvalue weighted by Crippen LogP contribution is 2.29. The number of rotatable bonds is 3. The largest absolute Gasteiger partial charge is 0.487 e. The molecule has 1 aliphatic rings. The molecule has 1 heterocycles. The number of hydrogen-bond donors (Lipinski definition) is 2. The summed E-state index contributed by atoms with van der Waals surface area (Å²) in [6.45, 7) is 0.411. The Morgan fingerprint density at radius 2 is 2.31 bits per heavy atom. The van der Waals surface area contributed by atoms with E-state index in [1.807, 2.05) is 0 Å². The maximum absolute atomic E-state index is 5.75. The normalized spacial score (nSPS) is 15.8. The van der Waals surface area contributed by atoms with Gasteiger partial charge < -0.3 is 16.2 Å². The number of pyridine rings is 1. The molecular formula is C9H13N3O. The van der Waals surface area contributed by atoms with E-state index in [0.717, 1.165) is 18.5 Å². The third-order valence-corrected chi connectivity index (χ3v) is 1.98. The molecule has 4 N–H and O–H groups in total. The third kappa shape index (κ3) is 1.89. The van der Waals surface area contributed by atoms with Gasteiger partial charge in [-0.25, -0.2) is 0 Å². The monoisotopic (exact) mass is 179 g/mol. The summed E-state index contributed by atoms with van der Waals surface area (Å²) in [6.07, 6.45) is 4.25. The maximum Gasteiger partial charge on any atom is 0.160 e. The number of nitrogens with zero attached hydrogens (tertiary/aromatic N) is 1. The van der Waals surface area contributed by atoms with Crippen LogP contribution in [0.1, 0.15) is 18.5 Å². The summed E-state index contributed by atoms with van der Waals surface area (Å²) in [5.74, 6) is 0.680. The molecule has 0 saturated heterocycles. The first-order chi connectivity index (χ1) is 6.29. The highest BCUT2D eigenvalue weighted by molar-refractivity contribution is 5.51.